The van der Waals surface area contributed by atoms with Crippen molar-refractivity contribution in [3.8, 4) is 0 Å². The standard InChI is InChI=1S/C13H20O2/c1-9(2)15-8-13(14)12-6-10(3)5-11(4)7-12/h5-7,9,13-14H,8H2,1-4H3. The van der Waals surface area contributed by atoms with E-state index in [4.69, 9.17) is 4.74 Å². The summed E-state index contributed by atoms with van der Waals surface area (Å²) in [6.07, 6.45) is -0.364. The number of rotatable bonds is 4. The smallest absolute Gasteiger partial charge is 0.102 e. The Morgan fingerprint density at radius 1 is 1.13 bits per heavy atom. The Bertz CT molecular complexity index is 298. The zero-order chi connectivity index (χ0) is 11.4. The van der Waals surface area contributed by atoms with Crippen LogP contribution in [0.2, 0.25) is 0 Å². The maximum Gasteiger partial charge on any atom is 0.102 e. The molecule has 1 aromatic rings. The summed E-state index contributed by atoms with van der Waals surface area (Å²) in [6.45, 7) is 8.36. The molecule has 0 aliphatic heterocycles. The van der Waals surface area contributed by atoms with Crippen molar-refractivity contribution in [2.45, 2.75) is 39.9 Å². The third kappa shape index (κ3) is 4.02. The number of hydrogen-bond donors (Lipinski definition) is 1. The highest BCUT2D eigenvalue weighted by Crippen LogP contribution is 2.17. The largest absolute Gasteiger partial charge is 0.386 e. The van der Waals surface area contributed by atoms with Crippen LogP contribution in [-0.4, -0.2) is 17.8 Å². The second-order valence-electron chi connectivity index (χ2n) is 4.32. The third-order valence-corrected chi connectivity index (χ3v) is 2.22. The predicted octanol–water partition coefficient (Wildman–Crippen LogP) is 2.76. The minimum absolute atomic E-state index is 0.158. The highest BCUT2D eigenvalue weighted by atomic mass is 16.5. The van der Waals surface area contributed by atoms with Crippen LogP contribution in [0, 0.1) is 13.8 Å². The highest BCUT2D eigenvalue weighted by molar-refractivity contribution is 5.29. The lowest BCUT2D eigenvalue weighted by Crippen LogP contribution is -2.12. The van der Waals surface area contributed by atoms with Gasteiger partial charge in [0, 0.05) is 0 Å². The molecule has 0 bridgehead atoms. The Morgan fingerprint density at radius 3 is 2.13 bits per heavy atom. The SMILES string of the molecule is Cc1cc(C)cc(C(O)COC(C)C)c1. The molecule has 2 heteroatoms. The van der Waals surface area contributed by atoms with E-state index in [9.17, 15) is 5.11 Å². The number of ether oxygens (including phenoxy) is 1. The van der Waals surface area contributed by atoms with Crippen molar-refractivity contribution in [1.82, 2.24) is 0 Å². The molecule has 0 spiro atoms. The van der Waals surface area contributed by atoms with E-state index in [-0.39, 0.29) is 6.10 Å². The van der Waals surface area contributed by atoms with Gasteiger partial charge in [-0.3, -0.25) is 0 Å². The van der Waals surface area contributed by atoms with Gasteiger partial charge < -0.3 is 9.84 Å². The Morgan fingerprint density at radius 2 is 1.67 bits per heavy atom. The molecule has 1 aromatic carbocycles. The van der Waals surface area contributed by atoms with E-state index < -0.39 is 6.10 Å². The maximum absolute atomic E-state index is 9.89. The van der Waals surface area contributed by atoms with E-state index in [1.54, 1.807) is 0 Å². The van der Waals surface area contributed by atoms with Crippen molar-refractivity contribution < 1.29 is 9.84 Å². The summed E-state index contributed by atoms with van der Waals surface area (Å²) in [7, 11) is 0. The van der Waals surface area contributed by atoms with E-state index in [0.717, 1.165) is 5.56 Å². The number of aliphatic hydroxyl groups excluding tert-OH is 1. The quantitative estimate of drug-likeness (QED) is 0.824. The monoisotopic (exact) mass is 208 g/mol. The normalized spacial score (nSPS) is 13.2. The molecule has 0 amide bonds. The lowest BCUT2D eigenvalue weighted by atomic mass is 10.0. The van der Waals surface area contributed by atoms with Gasteiger partial charge in [0.15, 0.2) is 0 Å². The van der Waals surface area contributed by atoms with Crippen molar-refractivity contribution in [2.24, 2.45) is 0 Å². The Balaban J connectivity index is 2.68. The fourth-order valence-corrected chi connectivity index (χ4v) is 1.58. The molecule has 1 atom stereocenters. The van der Waals surface area contributed by atoms with Crippen molar-refractivity contribution in [1.29, 1.82) is 0 Å². The maximum atomic E-state index is 9.89. The molecule has 15 heavy (non-hydrogen) atoms. The average molecular weight is 208 g/mol. The lowest BCUT2D eigenvalue weighted by molar-refractivity contribution is 0.00489. The molecule has 84 valence electrons. The number of hydrogen-bond acceptors (Lipinski definition) is 2. The Labute approximate surface area is 91.9 Å². The molecular weight excluding hydrogens is 188 g/mol. The lowest BCUT2D eigenvalue weighted by Gasteiger charge is -2.15. The van der Waals surface area contributed by atoms with Gasteiger partial charge in [-0.25, -0.2) is 0 Å². The molecule has 0 fully saturated rings. The van der Waals surface area contributed by atoms with Crippen LogP contribution in [0.4, 0.5) is 0 Å². The van der Waals surface area contributed by atoms with Crippen LogP contribution in [0.15, 0.2) is 18.2 Å². The van der Waals surface area contributed by atoms with Crippen LogP contribution in [0.5, 0.6) is 0 Å². The minimum atomic E-state index is -0.522. The molecule has 0 aliphatic rings. The molecule has 1 rings (SSSR count). The zero-order valence-electron chi connectivity index (χ0n) is 9.95. The van der Waals surface area contributed by atoms with Gasteiger partial charge in [0.2, 0.25) is 0 Å². The van der Waals surface area contributed by atoms with Gasteiger partial charge in [-0.2, -0.15) is 0 Å². The molecule has 0 heterocycles. The summed E-state index contributed by atoms with van der Waals surface area (Å²) in [6, 6.07) is 6.10. The third-order valence-electron chi connectivity index (χ3n) is 2.22. The molecule has 0 saturated carbocycles. The van der Waals surface area contributed by atoms with Crippen LogP contribution < -0.4 is 0 Å². The predicted molar refractivity (Wildman–Crippen MR) is 62.0 cm³/mol. The summed E-state index contributed by atoms with van der Waals surface area (Å²) in [5.74, 6) is 0. The van der Waals surface area contributed by atoms with Gasteiger partial charge in [-0.1, -0.05) is 29.3 Å². The molecular formula is C13H20O2. The van der Waals surface area contributed by atoms with E-state index >= 15 is 0 Å². The summed E-state index contributed by atoms with van der Waals surface area (Å²) in [4.78, 5) is 0. The minimum Gasteiger partial charge on any atom is -0.386 e. The first kappa shape index (κ1) is 12.2. The van der Waals surface area contributed by atoms with Gasteiger partial charge in [-0.05, 0) is 33.3 Å². The number of aliphatic hydroxyl groups is 1. The molecule has 1 N–H and O–H groups in total. The second-order valence-corrected chi connectivity index (χ2v) is 4.32. The first-order valence-corrected chi connectivity index (χ1v) is 5.37. The summed E-state index contributed by atoms with van der Waals surface area (Å²) in [5.41, 5.74) is 3.29. The average Bonchev–Trinajstić information content (AvgIpc) is 2.12. The summed E-state index contributed by atoms with van der Waals surface area (Å²) >= 11 is 0. The van der Waals surface area contributed by atoms with Gasteiger partial charge in [0.25, 0.3) is 0 Å². The van der Waals surface area contributed by atoms with Crippen LogP contribution in [0.25, 0.3) is 0 Å². The van der Waals surface area contributed by atoms with Crippen molar-refractivity contribution in [2.75, 3.05) is 6.61 Å². The van der Waals surface area contributed by atoms with Crippen LogP contribution >= 0.6 is 0 Å². The molecule has 1 unspecified atom stereocenters. The fourth-order valence-electron chi connectivity index (χ4n) is 1.58. The number of aryl methyl sites for hydroxylation is 2. The van der Waals surface area contributed by atoms with Crippen molar-refractivity contribution in [3.05, 3.63) is 34.9 Å². The zero-order valence-corrected chi connectivity index (χ0v) is 9.95. The Kier molecular flexibility index (Phi) is 4.30. The van der Waals surface area contributed by atoms with Crippen LogP contribution in [0.1, 0.15) is 36.6 Å². The van der Waals surface area contributed by atoms with Crippen molar-refractivity contribution in [3.63, 3.8) is 0 Å². The first-order valence-electron chi connectivity index (χ1n) is 5.37. The van der Waals surface area contributed by atoms with E-state index in [1.165, 1.54) is 11.1 Å². The first-order chi connectivity index (χ1) is 6.99. The van der Waals surface area contributed by atoms with Gasteiger partial charge in [0.05, 0.1) is 12.7 Å². The van der Waals surface area contributed by atoms with Crippen LogP contribution in [0.3, 0.4) is 0 Å². The van der Waals surface area contributed by atoms with E-state index in [2.05, 4.69) is 6.07 Å². The van der Waals surface area contributed by atoms with E-state index in [0.29, 0.717) is 6.61 Å². The van der Waals surface area contributed by atoms with Crippen LogP contribution in [-0.2, 0) is 4.74 Å². The van der Waals surface area contributed by atoms with Gasteiger partial charge >= 0.3 is 0 Å². The molecule has 0 aliphatic carbocycles. The molecule has 0 saturated heterocycles. The molecule has 0 aromatic heterocycles. The van der Waals surface area contributed by atoms with E-state index in [1.807, 2.05) is 39.8 Å². The molecule has 2 nitrogen and oxygen atoms in total. The van der Waals surface area contributed by atoms with Crippen molar-refractivity contribution >= 4 is 0 Å². The molecule has 0 radical (unpaired) electrons. The highest BCUT2D eigenvalue weighted by Gasteiger charge is 2.09. The Hall–Kier alpha value is -0.860. The second kappa shape index (κ2) is 5.29. The summed E-state index contributed by atoms with van der Waals surface area (Å²) in [5, 5.41) is 9.89. The number of benzene rings is 1. The van der Waals surface area contributed by atoms with Gasteiger partial charge in [0.1, 0.15) is 6.10 Å². The fraction of sp³-hybridized carbons (Fsp3) is 0.538. The van der Waals surface area contributed by atoms with Gasteiger partial charge in [-0.15, -0.1) is 0 Å². The summed E-state index contributed by atoms with van der Waals surface area (Å²) < 4.78 is 5.39. The topological polar surface area (TPSA) is 29.5 Å².